The van der Waals surface area contributed by atoms with Crippen LogP contribution in [-0.4, -0.2) is 38.2 Å². The van der Waals surface area contributed by atoms with Crippen LogP contribution in [0.5, 0.6) is 0 Å². The van der Waals surface area contributed by atoms with Crippen molar-refractivity contribution in [2.24, 2.45) is 0 Å². The summed E-state index contributed by atoms with van der Waals surface area (Å²) in [6.07, 6.45) is 4.05. The maximum atomic E-state index is 10.2. The molecule has 106 valence electrons. The number of aryl methyl sites for hydroxylation is 1. The summed E-state index contributed by atoms with van der Waals surface area (Å²) < 4.78 is 3.39. The zero-order valence-corrected chi connectivity index (χ0v) is 13.3. The molecule has 1 N–H and O–H groups in total. The van der Waals surface area contributed by atoms with E-state index in [1.54, 1.807) is 0 Å². The Labute approximate surface area is 122 Å². The van der Waals surface area contributed by atoms with Gasteiger partial charge in [-0.25, -0.2) is 4.98 Å². The van der Waals surface area contributed by atoms with Gasteiger partial charge in [0, 0.05) is 19.6 Å². The van der Waals surface area contributed by atoms with Crippen LogP contribution in [0.25, 0.3) is 0 Å². The second-order valence-electron chi connectivity index (χ2n) is 6.04. The Bertz CT molecular complexity index is 481. The molecule has 1 saturated carbocycles. The summed E-state index contributed by atoms with van der Waals surface area (Å²) in [5.74, 6) is 1.15. The van der Waals surface area contributed by atoms with Crippen molar-refractivity contribution in [2.75, 3.05) is 13.1 Å². The molecule has 0 spiro atoms. The van der Waals surface area contributed by atoms with Crippen molar-refractivity contribution in [3.05, 3.63) is 16.1 Å². The molecule has 2 heterocycles. The van der Waals surface area contributed by atoms with E-state index in [0.717, 1.165) is 55.0 Å². The molecule has 0 unspecified atom stereocenters. The lowest BCUT2D eigenvalue weighted by molar-refractivity contribution is -0.0497. The highest BCUT2D eigenvalue weighted by Crippen LogP contribution is 2.36. The zero-order valence-electron chi connectivity index (χ0n) is 11.7. The summed E-state index contributed by atoms with van der Waals surface area (Å²) in [5, 5.41) is 10.2. The molecule has 1 aliphatic carbocycles. The lowest BCUT2D eigenvalue weighted by atomic mass is 9.78. The average Bonchev–Trinajstić information content (AvgIpc) is 2.64. The number of imidazole rings is 1. The van der Waals surface area contributed by atoms with E-state index >= 15 is 0 Å². The first kappa shape index (κ1) is 13.6. The van der Waals surface area contributed by atoms with Crippen LogP contribution < -0.4 is 0 Å². The number of hydrogen-bond donors (Lipinski definition) is 1. The zero-order chi connectivity index (χ0) is 13.6. The monoisotopic (exact) mass is 327 g/mol. The van der Waals surface area contributed by atoms with Crippen molar-refractivity contribution >= 4 is 15.9 Å². The van der Waals surface area contributed by atoms with E-state index in [9.17, 15) is 5.11 Å². The fraction of sp³-hybridized carbons (Fsp3) is 0.786. The van der Waals surface area contributed by atoms with Crippen molar-refractivity contribution in [3.63, 3.8) is 0 Å². The molecular weight excluding hydrogens is 306 g/mol. The van der Waals surface area contributed by atoms with E-state index in [1.165, 1.54) is 6.42 Å². The number of hydrogen-bond acceptors (Lipinski definition) is 3. The third-order valence-corrected chi connectivity index (χ3v) is 5.78. The summed E-state index contributed by atoms with van der Waals surface area (Å²) >= 11 is 3.62. The van der Waals surface area contributed by atoms with Crippen LogP contribution in [0.1, 0.15) is 50.2 Å². The Balaban J connectivity index is 1.69. The average molecular weight is 328 g/mol. The molecule has 0 amide bonds. The Kier molecular flexibility index (Phi) is 3.48. The van der Waals surface area contributed by atoms with Crippen molar-refractivity contribution in [1.82, 2.24) is 14.5 Å². The Hall–Kier alpha value is -0.390. The second-order valence-corrected chi connectivity index (χ2v) is 6.79. The molecule has 1 aromatic rings. The molecule has 0 saturated heterocycles. The summed E-state index contributed by atoms with van der Waals surface area (Å²) in [5.41, 5.74) is 0.699. The highest BCUT2D eigenvalue weighted by Gasteiger charge is 2.36. The number of aliphatic hydroxyl groups is 1. The predicted molar refractivity (Wildman–Crippen MR) is 78.1 cm³/mol. The number of rotatable bonds is 3. The van der Waals surface area contributed by atoms with E-state index in [1.807, 2.05) is 6.92 Å². The van der Waals surface area contributed by atoms with Gasteiger partial charge in [0.1, 0.15) is 10.4 Å². The maximum absolute atomic E-state index is 10.2. The van der Waals surface area contributed by atoms with Crippen LogP contribution in [0.15, 0.2) is 4.60 Å². The molecule has 1 fully saturated rings. The molecule has 19 heavy (non-hydrogen) atoms. The van der Waals surface area contributed by atoms with E-state index < -0.39 is 0 Å². The summed E-state index contributed by atoms with van der Waals surface area (Å²) in [4.78, 5) is 7.12. The molecule has 0 aromatic carbocycles. The Morgan fingerprint density at radius 2 is 2.16 bits per heavy atom. The van der Waals surface area contributed by atoms with Crippen molar-refractivity contribution in [2.45, 2.75) is 57.7 Å². The first-order valence-corrected chi connectivity index (χ1v) is 7.98. The van der Waals surface area contributed by atoms with E-state index in [0.29, 0.717) is 6.04 Å². The molecular formula is C14H22BrN3O. The van der Waals surface area contributed by atoms with Gasteiger partial charge in [-0.1, -0.05) is 0 Å². The molecule has 1 aliphatic heterocycles. The van der Waals surface area contributed by atoms with Crippen LogP contribution in [-0.2, 0) is 6.54 Å². The van der Waals surface area contributed by atoms with Gasteiger partial charge in [0.2, 0.25) is 0 Å². The topological polar surface area (TPSA) is 41.3 Å². The molecule has 1 atom stereocenters. The minimum atomic E-state index is -0.372. The molecule has 5 heteroatoms. The van der Waals surface area contributed by atoms with Crippen LogP contribution in [0.2, 0.25) is 0 Å². The molecule has 4 nitrogen and oxygen atoms in total. The van der Waals surface area contributed by atoms with E-state index in [-0.39, 0.29) is 5.60 Å². The standard InChI is InChI=1S/C14H22BrN3O/c1-10-12(15)18-9-8-17(11(2)13(18)16-10)7-6-14(19)4-3-5-14/h11,19H,3-9H2,1-2H3/t11-/m0/s1. The third-order valence-electron chi connectivity index (χ3n) is 4.78. The van der Waals surface area contributed by atoms with Crippen LogP contribution in [0.4, 0.5) is 0 Å². The Morgan fingerprint density at radius 1 is 1.42 bits per heavy atom. The SMILES string of the molecule is Cc1nc2n(c1Br)CCN(CCC1(O)CCC1)[C@H]2C. The van der Waals surface area contributed by atoms with Gasteiger partial charge in [0.05, 0.1) is 17.3 Å². The smallest absolute Gasteiger partial charge is 0.127 e. The molecule has 1 aromatic heterocycles. The predicted octanol–water partition coefficient (Wildman–Crippen LogP) is 2.64. The lowest BCUT2D eigenvalue weighted by Gasteiger charge is -2.40. The number of nitrogens with zero attached hydrogens (tertiary/aromatic N) is 3. The van der Waals surface area contributed by atoms with Gasteiger partial charge in [-0.3, -0.25) is 4.90 Å². The first-order chi connectivity index (χ1) is 9.00. The number of halogens is 1. The highest BCUT2D eigenvalue weighted by atomic mass is 79.9. The van der Waals surface area contributed by atoms with Gasteiger partial charge in [-0.2, -0.15) is 0 Å². The fourth-order valence-corrected chi connectivity index (χ4v) is 3.63. The minimum absolute atomic E-state index is 0.336. The molecule has 0 bridgehead atoms. The van der Waals surface area contributed by atoms with Crippen LogP contribution in [0, 0.1) is 6.92 Å². The van der Waals surface area contributed by atoms with Gasteiger partial charge < -0.3 is 9.67 Å². The first-order valence-electron chi connectivity index (χ1n) is 7.19. The van der Waals surface area contributed by atoms with Gasteiger partial charge >= 0.3 is 0 Å². The summed E-state index contributed by atoms with van der Waals surface area (Å²) in [6.45, 7) is 7.26. The van der Waals surface area contributed by atoms with E-state index in [2.05, 4.69) is 37.3 Å². The minimum Gasteiger partial charge on any atom is -0.390 e. The second kappa shape index (κ2) is 4.86. The summed E-state index contributed by atoms with van der Waals surface area (Å²) in [6, 6.07) is 0.336. The van der Waals surface area contributed by atoms with Gasteiger partial charge in [0.25, 0.3) is 0 Å². The van der Waals surface area contributed by atoms with Crippen molar-refractivity contribution < 1.29 is 5.11 Å². The van der Waals surface area contributed by atoms with Gasteiger partial charge in [0.15, 0.2) is 0 Å². The largest absolute Gasteiger partial charge is 0.390 e. The molecule has 0 radical (unpaired) electrons. The highest BCUT2D eigenvalue weighted by molar-refractivity contribution is 9.10. The van der Waals surface area contributed by atoms with Crippen LogP contribution >= 0.6 is 15.9 Å². The number of fused-ring (bicyclic) bond motifs is 1. The van der Waals surface area contributed by atoms with Crippen LogP contribution in [0.3, 0.4) is 0 Å². The van der Waals surface area contributed by atoms with Crippen molar-refractivity contribution in [1.29, 1.82) is 0 Å². The summed E-state index contributed by atoms with van der Waals surface area (Å²) in [7, 11) is 0. The van der Waals surface area contributed by atoms with Crippen molar-refractivity contribution in [3.8, 4) is 0 Å². The van der Waals surface area contributed by atoms with E-state index in [4.69, 9.17) is 0 Å². The Morgan fingerprint density at radius 3 is 2.79 bits per heavy atom. The van der Waals surface area contributed by atoms with Gasteiger partial charge in [-0.15, -0.1) is 0 Å². The fourth-order valence-electron chi connectivity index (χ4n) is 3.18. The normalized spacial score (nSPS) is 26.0. The number of aromatic nitrogens is 2. The third kappa shape index (κ3) is 2.36. The maximum Gasteiger partial charge on any atom is 0.127 e. The molecule has 3 rings (SSSR count). The van der Waals surface area contributed by atoms with Gasteiger partial charge in [-0.05, 0) is 55.5 Å². The lowest BCUT2D eigenvalue weighted by Crippen LogP contribution is -2.43. The molecule has 2 aliphatic rings. The quantitative estimate of drug-likeness (QED) is 0.927.